The maximum absolute atomic E-state index is 14.0. The number of likely N-dealkylation sites (tertiary alicyclic amines) is 1. The summed E-state index contributed by atoms with van der Waals surface area (Å²) in [4.78, 5) is 19.8. The number of hydroxylamine groups is 1. The fourth-order valence-corrected chi connectivity index (χ4v) is 7.67. The molecule has 2 aromatic carbocycles. The van der Waals surface area contributed by atoms with E-state index in [1.54, 1.807) is 24.3 Å². The molecular formula is C37H46F2N8O2. The standard InChI is InChI=1S/C37H46F2N8O2/c1-36(2,24-38)46-15-11-37(12-16-46)9-13-45(14-10-37)32-20-33(48-4)30(19-29(32)27-22-42-44(3)23-27)43-34-21-35(41-25-40-34)47-31(8-17-49-47)26-6-5-7-28(39)18-26/h5-7,18-23,25,31H,8-17,24H2,1-4H3,(H,40,41,43)/t31-/m1/s1. The van der Waals surface area contributed by atoms with Gasteiger partial charge in [-0.2, -0.15) is 5.10 Å². The topological polar surface area (TPSA) is 83.8 Å². The Labute approximate surface area is 287 Å². The van der Waals surface area contributed by atoms with Gasteiger partial charge in [-0.15, -0.1) is 0 Å². The zero-order valence-electron chi connectivity index (χ0n) is 28.8. The number of piperidine rings is 2. The van der Waals surface area contributed by atoms with Crippen LogP contribution in [0.5, 0.6) is 5.75 Å². The van der Waals surface area contributed by atoms with Crippen LogP contribution in [0, 0.1) is 11.2 Å². The van der Waals surface area contributed by atoms with Crippen molar-refractivity contribution in [1.29, 1.82) is 0 Å². The molecule has 1 N–H and O–H groups in total. The number of rotatable bonds is 9. The van der Waals surface area contributed by atoms with Gasteiger partial charge in [-0.1, -0.05) is 12.1 Å². The van der Waals surface area contributed by atoms with Crippen LogP contribution in [0.3, 0.4) is 0 Å². The minimum atomic E-state index is -0.395. The number of alkyl halides is 1. The van der Waals surface area contributed by atoms with Gasteiger partial charge in [-0.05, 0) is 81.8 Å². The lowest BCUT2D eigenvalue weighted by atomic mass is 9.70. The van der Waals surface area contributed by atoms with Crippen LogP contribution >= 0.6 is 0 Å². The van der Waals surface area contributed by atoms with Crippen molar-refractivity contribution in [2.75, 3.05) is 61.9 Å². The number of halogens is 2. The van der Waals surface area contributed by atoms with Crippen molar-refractivity contribution in [2.45, 2.75) is 57.5 Å². The molecule has 0 unspecified atom stereocenters. The number of ether oxygens (including phenoxy) is 1. The Morgan fingerprint density at radius 3 is 2.51 bits per heavy atom. The largest absolute Gasteiger partial charge is 0.494 e. The predicted molar refractivity (Wildman–Crippen MR) is 187 cm³/mol. The second-order valence-corrected chi connectivity index (χ2v) is 14.3. The molecule has 0 aliphatic carbocycles. The van der Waals surface area contributed by atoms with Crippen LogP contribution in [0.2, 0.25) is 0 Å². The van der Waals surface area contributed by atoms with Crippen molar-refractivity contribution in [3.63, 3.8) is 0 Å². The normalized spacial score (nSPS) is 19.8. The van der Waals surface area contributed by atoms with Crippen LogP contribution in [-0.2, 0) is 11.9 Å². The van der Waals surface area contributed by atoms with Gasteiger partial charge in [0.2, 0.25) is 0 Å². The molecule has 3 fully saturated rings. The van der Waals surface area contributed by atoms with Gasteiger partial charge in [0, 0.05) is 67.2 Å². The molecule has 12 heteroatoms. The van der Waals surface area contributed by atoms with Crippen LogP contribution in [0.25, 0.3) is 11.1 Å². The summed E-state index contributed by atoms with van der Waals surface area (Å²) in [5.74, 6) is 1.57. The lowest BCUT2D eigenvalue weighted by Gasteiger charge is -2.50. The van der Waals surface area contributed by atoms with Crippen molar-refractivity contribution >= 4 is 23.0 Å². The first-order valence-corrected chi connectivity index (χ1v) is 17.2. The summed E-state index contributed by atoms with van der Waals surface area (Å²) >= 11 is 0. The Morgan fingerprint density at radius 1 is 1.04 bits per heavy atom. The molecule has 3 aliphatic heterocycles. The van der Waals surface area contributed by atoms with E-state index in [0.29, 0.717) is 35.8 Å². The van der Waals surface area contributed by atoms with E-state index >= 15 is 0 Å². The van der Waals surface area contributed by atoms with Gasteiger partial charge < -0.3 is 15.0 Å². The number of benzene rings is 2. The molecule has 0 bridgehead atoms. The Kier molecular flexibility index (Phi) is 9.19. The van der Waals surface area contributed by atoms with E-state index in [2.05, 4.69) is 42.3 Å². The molecule has 260 valence electrons. The lowest BCUT2D eigenvalue weighted by Crippen LogP contribution is -2.53. The van der Waals surface area contributed by atoms with Crippen LogP contribution in [0.15, 0.2) is 61.2 Å². The molecule has 49 heavy (non-hydrogen) atoms. The highest BCUT2D eigenvalue weighted by atomic mass is 19.1. The van der Waals surface area contributed by atoms with E-state index in [0.717, 1.165) is 79.9 Å². The average molecular weight is 673 g/mol. The highest BCUT2D eigenvalue weighted by Gasteiger charge is 2.41. The summed E-state index contributed by atoms with van der Waals surface area (Å²) in [6.45, 7) is 7.98. The predicted octanol–water partition coefficient (Wildman–Crippen LogP) is 7.08. The number of methoxy groups -OCH3 is 1. The third-order valence-corrected chi connectivity index (χ3v) is 10.8. The highest BCUT2D eigenvalue weighted by molar-refractivity contribution is 5.85. The number of nitrogens with one attached hydrogen (secondary N) is 1. The minimum absolute atomic E-state index is 0.164. The average Bonchev–Trinajstić information content (AvgIpc) is 3.79. The van der Waals surface area contributed by atoms with Crippen molar-refractivity contribution in [3.05, 3.63) is 72.6 Å². The highest BCUT2D eigenvalue weighted by Crippen LogP contribution is 2.47. The Hall–Kier alpha value is -4.29. The van der Waals surface area contributed by atoms with Gasteiger partial charge in [0.25, 0.3) is 0 Å². The molecule has 0 amide bonds. The molecule has 2 aromatic heterocycles. The monoisotopic (exact) mass is 672 g/mol. The molecular weight excluding hydrogens is 626 g/mol. The second-order valence-electron chi connectivity index (χ2n) is 14.3. The first-order chi connectivity index (χ1) is 23.7. The van der Waals surface area contributed by atoms with Crippen molar-refractivity contribution in [3.8, 4) is 16.9 Å². The summed E-state index contributed by atoms with van der Waals surface area (Å²) < 4.78 is 35.5. The summed E-state index contributed by atoms with van der Waals surface area (Å²) in [5, 5.41) is 9.69. The Morgan fingerprint density at radius 2 is 1.82 bits per heavy atom. The lowest BCUT2D eigenvalue weighted by molar-refractivity contribution is 0.0112. The molecule has 10 nitrogen and oxygen atoms in total. The smallest absolute Gasteiger partial charge is 0.158 e. The number of hydrogen-bond acceptors (Lipinski definition) is 9. The second kappa shape index (κ2) is 13.5. The summed E-state index contributed by atoms with van der Waals surface area (Å²) in [6.07, 6.45) is 10.6. The van der Waals surface area contributed by atoms with Gasteiger partial charge >= 0.3 is 0 Å². The molecule has 1 atom stereocenters. The van der Waals surface area contributed by atoms with Gasteiger partial charge in [0.15, 0.2) is 5.82 Å². The van der Waals surface area contributed by atoms with Crippen molar-refractivity contribution in [1.82, 2.24) is 24.6 Å². The zero-order valence-corrected chi connectivity index (χ0v) is 28.8. The van der Waals surface area contributed by atoms with Gasteiger partial charge in [0.1, 0.15) is 30.4 Å². The van der Waals surface area contributed by atoms with Crippen LogP contribution in [0.4, 0.5) is 31.8 Å². The molecule has 4 aromatic rings. The van der Waals surface area contributed by atoms with Gasteiger partial charge in [-0.3, -0.25) is 14.4 Å². The number of nitrogens with zero attached hydrogens (tertiary/aromatic N) is 7. The van der Waals surface area contributed by atoms with E-state index in [9.17, 15) is 8.78 Å². The maximum atomic E-state index is 14.0. The number of hydrogen-bond donors (Lipinski definition) is 1. The van der Waals surface area contributed by atoms with Gasteiger partial charge in [-0.25, -0.2) is 23.8 Å². The quantitative estimate of drug-likeness (QED) is 0.201. The molecule has 0 radical (unpaired) electrons. The molecule has 3 aliphatic rings. The molecule has 5 heterocycles. The van der Waals surface area contributed by atoms with Gasteiger partial charge in [0.05, 0.1) is 31.6 Å². The minimum Gasteiger partial charge on any atom is -0.494 e. The summed E-state index contributed by atoms with van der Waals surface area (Å²) in [7, 11) is 3.60. The van der Waals surface area contributed by atoms with E-state index < -0.39 is 5.54 Å². The van der Waals surface area contributed by atoms with Crippen LogP contribution in [-0.4, -0.2) is 76.8 Å². The fraction of sp³-hybridized carbons (Fsp3) is 0.486. The summed E-state index contributed by atoms with van der Waals surface area (Å²) in [6, 6.07) is 12.5. The Balaban J connectivity index is 1.13. The molecule has 0 saturated carbocycles. The third-order valence-electron chi connectivity index (χ3n) is 10.8. The summed E-state index contributed by atoms with van der Waals surface area (Å²) in [5.41, 5.74) is 4.67. The van der Waals surface area contributed by atoms with Crippen molar-refractivity contribution in [2.24, 2.45) is 12.5 Å². The number of aromatic nitrogens is 4. The Bertz CT molecular complexity index is 1760. The first-order valence-electron chi connectivity index (χ1n) is 17.2. The maximum Gasteiger partial charge on any atom is 0.158 e. The van der Waals surface area contributed by atoms with Crippen LogP contribution < -0.4 is 20.0 Å². The van der Waals surface area contributed by atoms with E-state index in [-0.39, 0.29) is 18.5 Å². The third kappa shape index (κ3) is 6.81. The first kappa shape index (κ1) is 33.2. The zero-order chi connectivity index (χ0) is 34.2. The molecule has 7 rings (SSSR count). The molecule has 1 spiro atoms. The van der Waals surface area contributed by atoms with Crippen LogP contribution in [0.1, 0.15) is 57.6 Å². The number of anilines is 4. The van der Waals surface area contributed by atoms with E-state index in [4.69, 9.17) is 9.57 Å². The van der Waals surface area contributed by atoms with E-state index in [1.165, 1.54) is 12.4 Å². The molecule has 3 saturated heterocycles. The van der Waals surface area contributed by atoms with E-state index in [1.807, 2.05) is 50.1 Å². The van der Waals surface area contributed by atoms with Crippen molar-refractivity contribution < 1.29 is 18.4 Å². The fourth-order valence-electron chi connectivity index (χ4n) is 7.67. The number of aryl methyl sites for hydroxylation is 1. The SMILES string of the molecule is COc1cc(N2CCC3(CC2)CCN(C(C)(C)CF)CC3)c(-c2cnn(C)c2)cc1Nc1cc(N2OCC[C@@H]2c2cccc(F)c2)ncn1.